The number of hydrogen-bond acceptors (Lipinski definition) is 4. The number of rotatable bonds is 6. The zero-order chi connectivity index (χ0) is 15.1. The summed E-state index contributed by atoms with van der Waals surface area (Å²) in [5.41, 5.74) is 0.741. The van der Waals surface area contributed by atoms with Gasteiger partial charge in [0.2, 0.25) is 5.95 Å². The zero-order valence-electron chi connectivity index (χ0n) is 11.3. The van der Waals surface area contributed by atoms with Crippen LogP contribution in [0.15, 0.2) is 49.2 Å². The Bertz CT molecular complexity index is 645. The predicted octanol–water partition coefficient (Wildman–Crippen LogP) is 2.14. The Balaban J connectivity index is 2.03. The molecule has 0 saturated heterocycles. The molecule has 0 fully saturated rings. The average molecular weight is 286 g/mol. The minimum absolute atomic E-state index is 0.239. The third kappa shape index (κ3) is 4.10. The van der Waals surface area contributed by atoms with Crippen molar-refractivity contribution in [3.05, 3.63) is 66.3 Å². The van der Waals surface area contributed by atoms with E-state index in [9.17, 15) is 9.18 Å². The third-order valence-electron chi connectivity index (χ3n) is 2.69. The minimum atomic E-state index is -0.314. The Kier molecular flexibility index (Phi) is 4.98. The molecule has 0 radical (unpaired) electrons. The maximum atomic E-state index is 13.5. The summed E-state index contributed by atoms with van der Waals surface area (Å²) >= 11 is 0. The fraction of sp³-hybridized carbons (Fsp3) is 0.133. The first-order valence-corrected chi connectivity index (χ1v) is 6.40. The van der Waals surface area contributed by atoms with Crippen LogP contribution in [-0.2, 0) is 6.54 Å². The van der Waals surface area contributed by atoms with Crippen LogP contribution in [0, 0.1) is 5.82 Å². The van der Waals surface area contributed by atoms with Crippen LogP contribution in [0.1, 0.15) is 16.1 Å². The van der Waals surface area contributed by atoms with Crippen LogP contribution in [0.5, 0.6) is 0 Å². The van der Waals surface area contributed by atoms with E-state index in [1.807, 2.05) is 0 Å². The van der Waals surface area contributed by atoms with Gasteiger partial charge in [0.25, 0.3) is 5.91 Å². The van der Waals surface area contributed by atoms with Gasteiger partial charge in [0.15, 0.2) is 0 Å². The molecule has 0 aliphatic heterocycles. The molecule has 5 nitrogen and oxygen atoms in total. The lowest BCUT2D eigenvalue weighted by atomic mass is 10.2. The van der Waals surface area contributed by atoms with E-state index in [1.54, 1.807) is 24.3 Å². The molecule has 1 aromatic carbocycles. The zero-order valence-corrected chi connectivity index (χ0v) is 11.3. The molecule has 2 N–H and O–H groups in total. The Hall–Kier alpha value is -2.76. The number of aromatic nitrogens is 2. The Labute approximate surface area is 121 Å². The van der Waals surface area contributed by atoms with E-state index < -0.39 is 0 Å². The molecule has 6 heteroatoms. The van der Waals surface area contributed by atoms with Gasteiger partial charge in [-0.3, -0.25) is 4.79 Å². The summed E-state index contributed by atoms with van der Waals surface area (Å²) in [6.07, 6.45) is 3.05. The fourth-order valence-corrected chi connectivity index (χ4v) is 1.64. The first-order chi connectivity index (χ1) is 10.2. The van der Waals surface area contributed by atoms with Gasteiger partial charge in [0, 0.05) is 24.8 Å². The Morgan fingerprint density at radius 3 is 2.90 bits per heavy atom. The third-order valence-corrected chi connectivity index (χ3v) is 2.69. The van der Waals surface area contributed by atoms with Gasteiger partial charge in [-0.1, -0.05) is 24.3 Å². The van der Waals surface area contributed by atoms with Crippen molar-refractivity contribution in [2.24, 2.45) is 0 Å². The number of nitrogens with one attached hydrogen (secondary N) is 2. The number of halogens is 1. The van der Waals surface area contributed by atoms with Gasteiger partial charge in [-0.25, -0.2) is 14.4 Å². The lowest BCUT2D eigenvalue weighted by Crippen LogP contribution is -2.24. The minimum Gasteiger partial charge on any atom is -0.350 e. The van der Waals surface area contributed by atoms with Crippen molar-refractivity contribution in [3.63, 3.8) is 0 Å². The molecule has 1 amide bonds. The van der Waals surface area contributed by atoms with E-state index in [0.717, 1.165) is 0 Å². The second kappa shape index (κ2) is 7.14. The molecule has 0 spiro atoms. The molecule has 0 aliphatic carbocycles. The number of hydrogen-bond donors (Lipinski definition) is 2. The van der Waals surface area contributed by atoms with Crippen molar-refractivity contribution < 1.29 is 9.18 Å². The van der Waals surface area contributed by atoms with Crippen LogP contribution in [-0.4, -0.2) is 22.4 Å². The molecule has 1 heterocycles. The first kappa shape index (κ1) is 14.6. The van der Waals surface area contributed by atoms with Gasteiger partial charge in [-0.15, -0.1) is 6.58 Å². The normalized spacial score (nSPS) is 9.95. The van der Waals surface area contributed by atoms with E-state index in [2.05, 4.69) is 27.2 Å². The van der Waals surface area contributed by atoms with E-state index >= 15 is 0 Å². The molecule has 0 aliphatic rings. The Morgan fingerprint density at radius 1 is 1.33 bits per heavy atom. The lowest BCUT2D eigenvalue weighted by molar-refractivity contribution is 0.0953. The van der Waals surface area contributed by atoms with E-state index in [1.165, 1.54) is 18.3 Å². The smallest absolute Gasteiger partial charge is 0.270 e. The second-order valence-electron chi connectivity index (χ2n) is 4.21. The molecule has 0 saturated carbocycles. The van der Waals surface area contributed by atoms with Crippen LogP contribution in [0.25, 0.3) is 0 Å². The highest BCUT2D eigenvalue weighted by Crippen LogP contribution is 2.08. The van der Waals surface area contributed by atoms with Crippen LogP contribution < -0.4 is 10.6 Å². The maximum absolute atomic E-state index is 13.5. The number of carbonyl (C=O) groups is 1. The standard InChI is InChI=1S/C15H15FN4O/c1-2-8-17-14(21)13-7-9-18-15(20-13)19-10-11-5-3-4-6-12(11)16/h2-7,9H,1,8,10H2,(H,17,21)(H,18,19,20). The summed E-state index contributed by atoms with van der Waals surface area (Å²) in [4.78, 5) is 19.8. The fourth-order valence-electron chi connectivity index (χ4n) is 1.64. The highest BCUT2D eigenvalue weighted by molar-refractivity contribution is 5.92. The second-order valence-corrected chi connectivity index (χ2v) is 4.21. The van der Waals surface area contributed by atoms with Gasteiger partial charge in [-0.2, -0.15) is 0 Å². The highest BCUT2D eigenvalue weighted by Gasteiger charge is 2.08. The van der Waals surface area contributed by atoms with E-state index in [-0.39, 0.29) is 29.9 Å². The monoisotopic (exact) mass is 286 g/mol. The van der Waals surface area contributed by atoms with Crippen LogP contribution in [0.2, 0.25) is 0 Å². The molecular weight excluding hydrogens is 271 g/mol. The molecule has 0 unspecified atom stereocenters. The molecule has 2 rings (SSSR count). The van der Waals surface area contributed by atoms with Crippen LogP contribution in [0.4, 0.5) is 10.3 Å². The summed E-state index contributed by atoms with van der Waals surface area (Å²) in [6, 6.07) is 7.94. The van der Waals surface area contributed by atoms with Crippen molar-refractivity contribution in [1.82, 2.24) is 15.3 Å². The van der Waals surface area contributed by atoms with Gasteiger partial charge in [0.05, 0.1) is 0 Å². The molecular formula is C15H15FN4O. The Morgan fingerprint density at radius 2 is 2.14 bits per heavy atom. The van der Waals surface area contributed by atoms with Crippen molar-refractivity contribution in [1.29, 1.82) is 0 Å². The number of nitrogens with zero attached hydrogens (tertiary/aromatic N) is 2. The number of carbonyl (C=O) groups excluding carboxylic acids is 1. The maximum Gasteiger partial charge on any atom is 0.270 e. The molecule has 1 aromatic heterocycles. The summed E-state index contributed by atoms with van der Waals surface area (Å²) in [7, 11) is 0. The van der Waals surface area contributed by atoms with E-state index in [0.29, 0.717) is 12.1 Å². The molecule has 21 heavy (non-hydrogen) atoms. The molecule has 0 atom stereocenters. The molecule has 0 bridgehead atoms. The van der Waals surface area contributed by atoms with Crippen molar-refractivity contribution >= 4 is 11.9 Å². The van der Waals surface area contributed by atoms with Crippen molar-refractivity contribution in [2.45, 2.75) is 6.54 Å². The van der Waals surface area contributed by atoms with Crippen LogP contribution >= 0.6 is 0 Å². The van der Waals surface area contributed by atoms with Crippen molar-refractivity contribution in [3.8, 4) is 0 Å². The molecule has 108 valence electrons. The SMILES string of the molecule is C=CCNC(=O)c1ccnc(NCc2ccccc2F)n1. The summed E-state index contributed by atoms with van der Waals surface area (Å²) in [6.45, 7) is 4.12. The number of anilines is 1. The molecule has 2 aromatic rings. The largest absolute Gasteiger partial charge is 0.350 e. The van der Waals surface area contributed by atoms with Crippen LogP contribution in [0.3, 0.4) is 0 Å². The number of amides is 1. The van der Waals surface area contributed by atoms with E-state index in [4.69, 9.17) is 0 Å². The van der Waals surface area contributed by atoms with Gasteiger partial charge in [-0.05, 0) is 12.1 Å². The predicted molar refractivity (Wildman–Crippen MR) is 78.3 cm³/mol. The van der Waals surface area contributed by atoms with Gasteiger partial charge >= 0.3 is 0 Å². The lowest BCUT2D eigenvalue weighted by Gasteiger charge is -2.07. The summed E-state index contributed by atoms with van der Waals surface area (Å²) in [5, 5.41) is 5.51. The van der Waals surface area contributed by atoms with Gasteiger partial charge < -0.3 is 10.6 Å². The topological polar surface area (TPSA) is 66.9 Å². The quantitative estimate of drug-likeness (QED) is 0.798. The first-order valence-electron chi connectivity index (χ1n) is 6.40. The number of benzene rings is 1. The average Bonchev–Trinajstić information content (AvgIpc) is 2.52. The highest BCUT2D eigenvalue weighted by atomic mass is 19.1. The summed E-state index contributed by atoms with van der Waals surface area (Å²) < 4.78 is 13.5. The summed E-state index contributed by atoms with van der Waals surface area (Å²) in [5.74, 6) is -0.347. The van der Waals surface area contributed by atoms with Gasteiger partial charge in [0.1, 0.15) is 11.5 Å². The van der Waals surface area contributed by atoms with Crippen molar-refractivity contribution in [2.75, 3.05) is 11.9 Å².